The predicted octanol–water partition coefficient (Wildman–Crippen LogP) is 3.83. The van der Waals surface area contributed by atoms with Crippen LogP contribution in [-0.4, -0.2) is 12.5 Å². The molecule has 4 heteroatoms. The SMILES string of the molecule is Cc1cccc2c1N(C(=O)c1ccc(Cl)o1)CCC2. The van der Waals surface area contributed by atoms with E-state index in [0.717, 1.165) is 30.6 Å². The van der Waals surface area contributed by atoms with Gasteiger partial charge in [0.2, 0.25) is 0 Å². The Bertz CT molecular complexity index is 633. The number of aryl methyl sites for hydroxylation is 2. The highest BCUT2D eigenvalue weighted by molar-refractivity contribution is 6.29. The number of benzene rings is 1. The lowest BCUT2D eigenvalue weighted by Gasteiger charge is -2.30. The first-order valence-electron chi connectivity index (χ1n) is 6.32. The second-order valence-electron chi connectivity index (χ2n) is 4.75. The Morgan fingerprint density at radius 3 is 2.89 bits per heavy atom. The number of carbonyl (C=O) groups is 1. The van der Waals surface area contributed by atoms with Crippen molar-refractivity contribution in [2.24, 2.45) is 0 Å². The van der Waals surface area contributed by atoms with Crippen LogP contribution in [0.4, 0.5) is 5.69 Å². The maximum atomic E-state index is 12.5. The molecule has 2 aromatic rings. The van der Waals surface area contributed by atoms with Crippen molar-refractivity contribution < 1.29 is 9.21 Å². The Morgan fingerprint density at radius 1 is 1.32 bits per heavy atom. The number of nitrogens with zero attached hydrogens (tertiary/aromatic N) is 1. The fourth-order valence-corrected chi connectivity index (χ4v) is 2.76. The van der Waals surface area contributed by atoms with Gasteiger partial charge in [0.25, 0.3) is 5.91 Å². The van der Waals surface area contributed by atoms with Gasteiger partial charge in [-0.25, -0.2) is 0 Å². The number of hydrogen-bond acceptors (Lipinski definition) is 2. The van der Waals surface area contributed by atoms with E-state index in [-0.39, 0.29) is 11.1 Å². The lowest BCUT2D eigenvalue weighted by atomic mass is 9.98. The summed E-state index contributed by atoms with van der Waals surface area (Å²) in [4.78, 5) is 14.3. The molecule has 0 fully saturated rings. The van der Waals surface area contributed by atoms with Gasteiger partial charge >= 0.3 is 0 Å². The molecule has 0 unspecified atom stereocenters. The molecule has 19 heavy (non-hydrogen) atoms. The lowest BCUT2D eigenvalue weighted by molar-refractivity contribution is 0.0958. The highest BCUT2D eigenvalue weighted by Crippen LogP contribution is 2.32. The van der Waals surface area contributed by atoms with Crippen LogP contribution >= 0.6 is 11.6 Å². The maximum absolute atomic E-state index is 12.5. The van der Waals surface area contributed by atoms with Gasteiger partial charge in [0.1, 0.15) is 0 Å². The number of hydrogen-bond donors (Lipinski definition) is 0. The number of para-hydroxylation sites is 1. The van der Waals surface area contributed by atoms with Gasteiger partial charge in [-0.1, -0.05) is 18.2 Å². The molecule has 2 heterocycles. The summed E-state index contributed by atoms with van der Waals surface area (Å²) in [6.45, 7) is 2.74. The van der Waals surface area contributed by atoms with Crippen LogP contribution in [0.5, 0.6) is 0 Å². The molecule has 1 aliphatic rings. The maximum Gasteiger partial charge on any atom is 0.294 e. The van der Waals surface area contributed by atoms with Gasteiger partial charge in [0.15, 0.2) is 11.0 Å². The van der Waals surface area contributed by atoms with Crippen LogP contribution < -0.4 is 4.90 Å². The van der Waals surface area contributed by atoms with E-state index in [1.807, 2.05) is 19.1 Å². The minimum atomic E-state index is -0.123. The molecule has 0 spiro atoms. The first-order chi connectivity index (χ1) is 9.16. The van der Waals surface area contributed by atoms with E-state index in [9.17, 15) is 4.79 Å². The fraction of sp³-hybridized carbons (Fsp3) is 0.267. The van der Waals surface area contributed by atoms with Crippen molar-refractivity contribution in [1.82, 2.24) is 0 Å². The summed E-state index contributed by atoms with van der Waals surface area (Å²) in [5, 5.41) is 0.241. The molecule has 1 aromatic carbocycles. The monoisotopic (exact) mass is 275 g/mol. The number of anilines is 1. The molecular formula is C15H14ClNO2. The van der Waals surface area contributed by atoms with Crippen molar-refractivity contribution in [3.8, 4) is 0 Å². The number of rotatable bonds is 1. The van der Waals surface area contributed by atoms with Crippen LogP contribution in [0, 0.1) is 6.92 Å². The molecule has 0 N–H and O–H groups in total. The van der Waals surface area contributed by atoms with Gasteiger partial charge in [-0.15, -0.1) is 0 Å². The van der Waals surface area contributed by atoms with E-state index in [0.29, 0.717) is 5.76 Å². The zero-order valence-corrected chi connectivity index (χ0v) is 11.4. The molecule has 0 radical (unpaired) electrons. The molecule has 1 aromatic heterocycles. The molecule has 0 bridgehead atoms. The standard InChI is InChI=1S/C15H14ClNO2/c1-10-4-2-5-11-6-3-9-17(14(10)11)15(18)12-7-8-13(16)19-12/h2,4-5,7-8H,3,6,9H2,1H3. The van der Waals surface area contributed by atoms with Crippen LogP contribution in [0.2, 0.25) is 5.22 Å². The Labute approximate surface area is 116 Å². The molecular weight excluding hydrogens is 262 g/mol. The number of fused-ring (bicyclic) bond motifs is 1. The van der Waals surface area contributed by atoms with Crippen molar-refractivity contribution in [1.29, 1.82) is 0 Å². The second kappa shape index (κ2) is 4.74. The largest absolute Gasteiger partial charge is 0.440 e. The number of carbonyl (C=O) groups excluding carboxylic acids is 1. The second-order valence-corrected chi connectivity index (χ2v) is 5.12. The van der Waals surface area contributed by atoms with Crippen LogP contribution in [-0.2, 0) is 6.42 Å². The van der Waals surface area contributed by atoms with Crippen LogP contribution in [0.15, 0.2) is 34.7 Å². The van der Waals surface area contributed by atoms with Gasteiger partial charge < -0.3 is 9.32 Å². The van der Waals surface area contributed by atoms with E-state index >= 15 is 0 Å². The van der Waals surface area contributed by atoms with E-state index < -0.39 is 0 Å². The molecule has 3 rings (SSSR count). The van der Waals surface area contributed by atoms with E-state index in [2.05, 4.69) is 6.07 Å². The molecule has 0 atom stereocenters. The van der Waals surface area contributed by atoms with E-state index in [4.69, 9.17) is 16.0 Å². The molecule has 0 saturated heterocycles. The predicted molar refractivity (Wildman–Crippen MR) is 74.9 cm³/mol. The average Bonchev–Trinajstić information content (AvgIpc) is 2.84. The quantitative estimate of drug-likeness (QED) is 0.792. The van der Waals surface area contributed by atoms with E-state index in [1.165, 1.54) is 5.56 Å². The van der Waals surface area contributed by atoms with Crippen LogP contribution in [0.25, 0.3) is 0 Å². The summed E-state index contributed by atoms with van der Waals surface area (Å²) < 4.78 is 5.23. The Morgan fingerprint density at radius 2 is 2.16 bits per heavy atom. The first kappa shape index (κ1) is 12.3. The smallest absolute Gasteiger partial charge is 0.294 e. The van der Waals surface area contributed by atoms with Gasteiger partial charge in [0.05, 0.1) is 5.69 Å². The topological polar surface area (TPSA) is 33.5 Å². The Kier molecular flexibility index (Phi) is 3.07. The van der Waals surface area contributed by atoms with Crippen LogP contribution in [0.3, 0.4) is 0 Å². The summed E-state index contributed by atoms with van der Waals surface area (Å²) >= 11 is 5.74. The van der Waals surface area contributed by atoms with Crippen molar-refractivity contribution in [2.45, 2.75) is 19.8 Å². The molecule has 0 aliphatic carbocycles. The van der Waals surface area contributed by atoms with Crippen molar-refractivity contribution >= 4 is 23.2 Å². The third-order valence-corrected chi connectivity index (χ3v) is 3.65. The van der Waals surface area contributed by atoms with Gasteiger partial charge in [0, 0.05) is 6.54 Å². The lowest BCUT2D eigenvalue weighted by Crippen LogP contribution is -2.35. The normalized spacial score (nSPS) is 14.3. The number of amides is 1. The highest BCUT2D eigenvalue weighted by atomic mass is 35.5. The number of halogens is 1. The summed E-state index contributed by atoms with van der Waals surface area (Å²) in [7, 11) is 0. The van der Waals surface area contributed by atoms with E-state index in [1.54, 1.807) is 17.0 Å². The van der Waals surface area contributed by atoms with Crippen molar-refractivity contribution in [2.75, 3.05) is 11.4 Å². The minimum absolute atomic E-state index is 0.123. The molecule has 1 aliphatic heterocycles. The third-order valence-electron chi connectivity index (χ3n) is 3.45. The molecule has 0 saturated carbocycles. The summed E-state index contributed by atoms with van der Waals surface area (Å²) in [6, 6.07) is 9.36. The Hall–Kier alpha value is -1.74. The first-order valence-corrected chi connectivity index (χ1v) is 6.70. The molecule has 98 valence electrons. The Balaban J connectivity index is 2.02. The zero-order chi connectivity index (χ0) is 13.4. The summed E-state index contributed by atoms with van der Waals surface area (Å²) in [5.74, 6) is 0.170. The highest BCUT2D eigenvalue weighted by Gasteiger charge is 2.26. The minimum Gasteiger partial charge on any atom is -0.440 e. The average molecular weight is 276 g/mol. The van der Waals surface area contributed by atoms with Gasteiger partial charge in [-0.2, -0.15) is 0 Å². The molecule has 3 nitrogen and oxygen atoms in total. The fourth-order valence-electron chi connectivity index (χ4n) is 2.61. The van der Waals surface area contributed by atoms with Crippen molar-refractivity contribution in [3.05, 3.63) is 52.4 Å². The van der Waals surface area contributed by atoms with Gasteiger partial charge in [-0.3, -0.25) is 4.79 Å². The van der Waals surface area contributed by atoms with Crippen LogP contribution in [0.1, 0.15) is 28.1 Å². The van der Waals surface area contributed by atoms with Crippen molar-refractivity contribution in [3.63, 3.8) is 0 Å². The summed E-state index contributed by atoms with van der Waals surface area (Å²) in [6.07, 6.45) is 1.98. The third kappa shape index (κ3) is 2.15. The summed E-state index contributed by atoms with van der Waals surface area (Å²) in [5.41, 5.74) is 3.35. The zero-order valence-electron chi connectivity index (χ0n) is 10.6. The number of furan rings is 1. The molecule has 1 amide bonds. The van der Waals surface area contributed by atoms with Gasteiger partial charge in [-0.05, 0) is 54.6 Å².